The van der Waals surface area contributed by atoms with E-state index in [1.807, 2.05) is 13.0 Å². The molecule has 1 amide bonds. The molecule has 0 radical (unpaired) electrons. The third-order valence-electron chi connectivity index (χ3n) is 3.70. The Morgan fingerprint density at radius 3 is 2.60 bits per heavy atom. The molecule has 1 aliphatic heterocycles. The Hall–Kier alpha value is -0.981. The molecule has 2 heterocycles. The van der Waals surface area contributed by atoms with E-state index in [0.717, 1.165) is 5.82 Å². The van der Waals surface area contributed by atoms with Crippen LogP contribution in [0.25, 0.3) is 0 Å². The Labute approximate surface area is 124 Å². The van der Waals surface area contributed by atoms with Gasteiger partial charge in [0.1, 0.15) is 0 Å². The van der Waals surface area contributed by atoms with Crippen LogP contribution in [0.5, 0.6) is 0 Å². The van der Waals surface area contributed by atoms with Crippen LogP contribution in [-0.2, 0) is 0 Å². The van der Waals surface area contributed by atoms with Crippen molar-refractivity contribution in [1.29, 1.82) is 0 Å². The number of pyridine rings is 1. The third kappa shape index (κ3) is 3.37. The van der Waals surface area contributed by atoms with Crippen LogP contribution in [0, 0.1) is 0 Å². The summed E-state index contributed by atoms with van der Waals surface area (Å²) in [6, 6.07) is 6.25. The van der Waals surface area contributed by atoms with Crippen LogP contribution in [0.1, 0.15) is 6.92 Å². The average molecular weight is 384 g/mol. The van der Waals surface area contributed by atoms with Crippen LogP contribution in [0.2, 0.25) is 14.8 Å². The maximum atomic E-state index is 11.1. The molecule has 1 saturated heterocycles. The van der Waals surface area contributed by atoms with E-state index in [4.69, 9.17) is 10.1 Å². The number of amides is 1. The van der Waals surface area contributed by atoms with Gasteiger partial charge in [-0.2, -0.15) is 0 Å². The summed E-state index contributed by atoms with van der Waals surface area (Å²) in [5, 5.41) is 9.12. The van der Waals surface area contributed by atoms with Gasteiger partial charge in [-0.05, 0) is 0 Å². The standard InChI is InChI=1S/C11H14N3O2.3CH3.Sn/c1-9-8-13(6-7-14(9)11(15)16)10-4-2-3-5-12-10;;;;/h2-4,9H,6-8H2,1H3,(H,15,16);3*1H3;. The summed E-state index contributed by atoms with van der Waals surface area (Å²) >= 11 is -2.15. The normalized spacial score (nSPS) is 20.1. The van der Waals surface area contributed by atoms with Gasteiger partial charge >= 0.3 is 124 Å². The van der Waals surface area contributed by atoms with Gasteiger partial charge in [-0.25, -0.2) is 0 Å². The summed E-state index contributed by atoms with van der Waals surface area (Å²) in [6.45, 7) is 3.92. The molecule has 1 aliphatic rings. The monoisotopic (exact) mass is 385 g/mol. The fraction of sp³-hybridized carbons (Fsp3) is 0.571. The Morgan fingerprint density at radius 2 is 2.05 bits per heavy atom. The second kappa shape index (κ2) is 5.79. The molecule has 1 N–H and O–H groups in total. The van der Waals surface area contributed by atoms with Gasteiger partial charge in [-0.1, -0.05) is 0 Å². The zero-order chi connectivity index (χ0) is 14.9. The first-order valence-corrected chi connectivity index (χ1v) is 17.0. The predicted octanol–water partition coefficient (Wildman–Crippen LogP) is 1.82. The van der Waals surface area contributed by atoms with Gasteiger partial charge < -0.3 is 0 Å². The van der Waals surface area contributed by atoms with Crippen LogP contribution in [0.15, 0.2) is 18.2 Å². The van der Waals surface area contributed by atoms with Crippen molar-refractivity contribution in [1.82, 2.24) is 9.88 Å². The minimum absolute atomic E-state index is 0.00450. The molecule has 0 aliphatic carbocycles. The Bertz CT molecular complexity index is 501. The number of hydrogen-bond donors (Lipinski definition) is 1. The molecule has 0 spiro atoms. The number of anilines is 1. The van der Waals surface area contributed by atoms with Crippen LogP contribution in [-0.4, -0.2) is 65.1 Å². The molecule has 2 rings (SSSR count). The molecule has 5 nitrogen and oxygen atoms in total. The number of rotatable bonds is 2. The first kappa shape index (κ1) is 15.4. The molecule has 1 unspecified atom stereocenters. The van der Waals surface area contributed by atoms with Gasteiger partial charge in [0, 0.05) is 0 Å². The topological polar surface area (TPSA) is 56.7 Å². The Kier molecular flexibility index (Phi) is 4.46. The van der Waals surface area contributed by atoms with Gasteiger partial charge in [0.15, 0.2) is 0 Å². The number of hydrogen-bond acceptors (Lipinski definition) is 3. The molecule has 110 valence electrons. The maximum absolute atomic E-state index is 11.1. The molecule has 1 aromatic rings. The first-order chi connectivity index (χ1) is 9.29. The summed E-state index contributed by atoms with van der Waals surface area (Å²) < 4.78 is 1.27. The number of piperazine rings is 1. The SMILES string of the molecule is CC1CN(c2ccc[c]([Sn]([CH3])([CH3])[CH3])n2)CCN1C(=O)O. The van der Waals surface area contributed by atoms with E-state index in [1.165, 1.54) is 8.61 Å². The molecule has 6 heteroatoms. The Balaban J connectivity index is 2.16. The van der Waals surface area contributed by atoms with Gasteiger partial charge in [-0.3, -0.25) is 0 Å². The molecule has 0 aromatic carbocycles. The summed E-state index contributed by atoms with van der Waals surface area (Å²) in [5.41, 5.74) is 0. The summed E-state index contributed by atoms with van der Waals surface area (Å²) in [7, 11) is 0. The van der Waals surface area contributed by atoms with E-state index in [-0.39, 0.29) is 6.04 Å². The molecule has 0 bridgehead atoms. The number of carbonyl (C=O) groups is 1. The van der Waals surface area contributed by atoms with Crippen molar-refractivity contribution in [2.45, 2.75) is 27.8 Å². The van der Waals surface area contributed by atoms with Gasteiger partial charge in [0.25, 0.3) is 0 Å². The van der Waals surface area contributed by atoms with Gasteiger partial charge in [-0.15, -0.1) is 0 Å². The first-order valence-electron chi connectivity index (χ1n) is 7.01. The molecule has 1 atom stereocenters. The van der Waals surface area contributed by atoms with E-state index in [1.54, 1.807) is 0 Å². The third-order valence-corrected chi connectivity index (χ3v) is 8.88. The van der Waals surface area contributed by atoms with E-state index in [0.29, 0.717) is 19.6 Å². The van der Waals surface area contributed by atoms with Crippen LogP contribution in [0.3, 0.4) is 0 Å². The van der Waals surface area contributed by atoms with E-state index >= 15 is 0 Å². The van der Waals surface area contributed by atoms with Crippen molar-refractivity contribution in [3.63, 3.8) is 0 Å². The van der Waals surface area contributed by atoms with Crippen molar-refractivity contribution in [2.24, 2.45) is 0 Å². The van der Waals surface area contributed by atoms with Crippen molar-refractivity contribution < 1.29 is 9.90 Å². The van der Waals surface area contributed by atoms with E-state index in [9.17, 15) is 4.79 Å². The van der Waals surface area contributed by atoms with Crippen LogP contribution < -0.4 is 8.61 Å². The number of aromatic nitrogens is 1. The summed E-state index contributed by atoms with van der Waals surface area (Å²) in [6.07, 6.45) is -0.829. The van der Waals surface area contributed by atoms with Gasteiger partial charge in [0.2, 0.25) is 0 Å². The zero-order valence-electron chi connectivity index (χ0n) is 12.6. The molecule has 0 saturated carbocycles. The molecular weight excluding hydrogens is 361 g/mol. The minimum atomic E-state index is -2.15. The van der Waals surface area contributed by atoms with E-state index in [2.05, 4.69) is 31.9 Å². The second-order valence-electron chi connectivity index (χ2n) is 6.40. The fourth-order valence-corrected chi connectivity index (χ4v) is 5.45. The van der Waals surface area contributed by atoms with Crippen LogP contribution in [0.4, 0.5) is 10.6 Å². The van der Waals surface area contributed by atoms with E-state index < -0.39 is 24.5 Å². The second-order valence-corrected chi connectivity index (χ2v) is 20.7. The molecule has 1 aromatic heterocycles. The van der Waals surface area contributed by atoms with Crippen molar-refractivity contribution in [3.8, 4) is 0 Å². The molecular formula is C14H23N3O2Sn. The molecule has 20 heavy (non-hydrogen) atoms. The summed E-state index contributed by atoms with van der Waals surface area (Å²) in [5.74, 6) is 0.992. The average Bonchev–Trinajstić information content (AvgIpc) is 2.37. The number of carboxylic acid groups (broad SMARTS) is 1. The zero-order valence-corrected chi connectivity index (χ0v) is 15.5. The fourth-order valence-electron chi connectivity index (χ4n) is 2.47. The Morgan fingerprint density at radius 1 is 1.35 bits per heavy atom. The van der Waals surface area contributed by atoms with Crippen molar-refractivity contribution in [3.05, 3.63) is 18.2 Å². The molecule has 1 fully saturated rings. The van der Waals surface area contributed by atoms with Crippen LogP contribution >= 0.6 is 0 Å². The van der Waals surface area contributed by atoms with Crippen molar-refractivity contribution in [2.75, 3.05) is 24.5 Å². The van der Waals surface area contributed by atoms with Gasteiger partial charge in [0.05, 0.1) is 0 Å². The predicted molar refractivity (Wildman–Crippen MR) is 83.6 cm³/mol. The van der Waals surface area contributed by atoms with Crippen molar-refractivity contribution >= 4 is 34.0 Å². The number of nitrogens with zero attached hydrogens (tertiary/aromatic N) is 3. The summed E-state index contributed by atoms with van der Waals surface area (Å²) in [4.78, 5) is 26.7. The quantitative estimate of drug-likeness (QED) is 0.791.